The Kier molecular flexibility index (Phi) is 6.09. The normalized spacial score (nSPS) is 10.7. The van der Waals surface area contributed by atoms with Crippen LogP contribution in [0.15, 0.2) is 71.3 Å². The SMILES string of the molecule is Cc1cc(C(=O)NNC(=O)Cc2cn(-c3ccccc3)nc2-c2ccc(Cl)cc2)c(C)o1. The fourth-order valence-corrected chi connectivity index (χ4v) is 3.50. The van der Waals surface area contributed by atoms with Gasteiger partial charge in [-0.2, -0.15) is 5.10 Å². The molecular formula is C24H21ClN4O3. The molecule has 0 atom stereocenters. The Balaban J connectivity index is 1.54. The van der Waals surface area contributed by atoms with Gasteiger partial charge in [0, 0.05) is 22.3 Å². The third-order valence-electron chi connectivity index (χ3n) is 4.88. The summed E-state index contributed by atoms with van der Waals surface area (Å²) < 4.78 is 7.09. The summed E-state index contributed by atoms with van der Waals surface area (Å²) in [4.78, 5) is 24.9. The van der Waals surface area contributed by atoms with E-state index in [0.717, 1.165) is 11.3 Å². The van der Waals surface area contributed by atoms with Gasteiger partial charge in [-0.1, -0.05) is 41.9 Å². The largest absolute Gasteiger partial charge is 0.466 e. The average molecular weight is 449 g/mol. The van der Waals surface area contributed by atoms with E-state index in [0.29, 0.717) is 33.4 Å². The Morgan fingerprint density at radius 3 is 2.41 bits per heavy atom. The number of furan rings is 1. The number of carbonyl (C=O) groups is 2. The summed E-state index contributed by atoms with van der Waals surface area (Å²) in [5, 5.41) is 5.30. The van der Waals surface area contributed by atoms with E-state index in [9.17, 15) is 9.59 Å². The van der Waals surface area contributed by atoms with E-state index in [1.165, 1.54) is 0 Å². The van der Waals surface area contributed by atoms with Crippen molar-refractivity contribution in [3.05, 3.63) is 94.5 Å². The molecule has 2 aromatic heterocycles. The third kappa shape index (κ3) is 4.73. The number of para-hydroxylation sites is 1. The predicted molar refractivity (Wildman–Crippen MR) is 122 cm³/mol. The molecule has 0 spiro atoms. The van der Waals surface area contributed by atoms with Crippen LogP contribution in [0.2, 0.25) is 5.02 Å². The number of hydrogen-bond acceptors (Lipinski definition) is 4. The van der Waals surface area contributed by atoms with Crippen molar-refractivity contribution in [2.24, 2.45) is 0 Å². The van der Waals surface area contributed by atoms with E-state index in [2.05, 4.69) is 16.0 Å². The molecule has 162 valence electrons. The zero-order valence-corrected chi connectivity index (χ0v) is 18.3. The van der Waals surface area contributed by atoms with Crippen molar-refractivity contribution in [3.8, 4) is 16.9 Å². The van der Waals surface area contributed by atoms with Crippen molar-refractivity contribution in [2.45, 2.75) is 20.3 Å². The van der Waals surface area contributed by atoms with E-state index in [4.69, 9.17) is 16.0 Å². The number of hydrogen-bond donors (Lipinski definition) is 2. The molecule has 7 nitrogen and oxygen atoms in total. The number of aromatic nitrogens is 2. The third-order valence-corrected chi connectivity index (χ3v) is 5.13. The van der Waals surface area contributed by atoms with E-state index in [1.54, 1.807) is 36.7 Å². The second kappa shape index (κ2) is 9.11. The molecule has 0 saturated heterocycles. The highest BCUT2D eigenvalue weighted by atomic mass is 35.5. The molecular weight excluding hydrogens is 428 g/mol. The molecule has 2 aromatic carbocycles. The topological polar surface area (TPSA) is 89.2 Å². The highest BCUT2D eigenvalue weighted by Gasteiger charge is 2.18. The van der Waals surface area contributed by atoms with Gasteiger partial charge >= 0.3 is 0 Å². The molecule has 2 N–H and O–H groups in total. The van der Waals surface area contributed by atoms with Gasteiger partial charge in [0.05, 0.1) is 23.4 Å². The fourth-order valence-electron chi connectivity index (χ4n) is 3.37. The number of rotatable bonds is 5. The molecule has 4 rings (SSSR count). The summed E-state index contributed by atoms with van der Waals surface area (Å²) in [6, 6.07) is 18.5. The van der Waals surface area contributed by atoms with Gasteiger partial charge in [0.2, 0.25) is 5.91 Å². The average Bonchev–Trinajstić information content (AvgIpc) is 3.35. The molecule has 0 aliphatic heterocycles. The molecule has 2 heterocycles. The first kappa shape index (κ1) is 21.4. The van der Waals surface area contributed by atoms with Gasteiger partial charge in [0.15, 0.2) is 0 Å². The van der Waals surface area contributed by atoms with Crippen LogP contribution in [0.3, 0.4) is 0 Å². The molecule has 32 heavy (non-hydrogen) atoms. The second-order valence-corrected chi connectivity index (χ2v) is 7.73. The Labute approximate surface area is 190 Å². The maximum absolute atomic E-state index is 12.6. The summed E-state index contributed by atoms with van der Waals surface area (Å²) >= 11 is 6.02. The molecule has 0 fully saturated rings. The monoisotopic (exact) mass is 448 g/mol. The summed E-state index contributed by atoms with van der Waals surface area (Å²) in [7, 11) is 0. The minimum absolute atomic E-state index is 0.0223. The molecule has 0 unspecified atom stereocenters. The summed E-state index contributed by atoms with van der Waals surface area (Å²) in [5.74, 6) is 0.299. The zero-order chi connectivity index (χ0) is 22.7. The fraction of sp³-hybridized carbons (Fsp3) is 0.125. The van der Waals surface area contributed by atoms with E-state index >= 15 is 0 Å². The van der Waals surface area contributed by atoms with Crippen LogP contribution in [0.25, 0.3) is 16.9 Å². The van der Waals surface area contributed by atoms with E-state index in [1.807, 2.05) is 48.7 Å². The Morgan fingerprint density at radius 2 is 1.75 bits per heavy atom. The van der Waals surface area contributed by atoms with Crippen molar-refractivity contribution in [2.75, 3.05) is 0 Å². The number of benzene rings is 2. The lowest BCUT2D eigenvalue weighted by atomic mass is 10.1. The molecule has 0 radical (unpaired) electrons. The first-order valence-corrected chi connectivity index (χ1v) is 10.3. The van der Waals surface area contributed by atoms with Crippen molar-refractivity contribution >= 4 is 23.4 Å². The predicted octanol–water partition coefficient (Wildman–Crippen LogP) is 4.41. The van der Waals surface area contributed by atoms with Gasteiger partial charge < -0.3 is 4.42 Å². The highest BCUT2D eigenvalue weighted by molar-refractivity contribution is 6.30. The summed E-state index contributed by atoms with van der Waals surface area (Å²) in [6.07, 6.45) is 1.83. The molecule has 0 bridgehead atoms. The Morgan fingerprint density at radius 1 is 1.03 bits per heavy atom. The summed E-state index contributed by atoms with van der Waals surface area (Å²) in [5.41, 5.74) is 8.35. The van der Waals surface area contributed by atoms with Crippen LogP contribution in [0.1, 0.15) is 27.4 Å². The van der Waals surface area contributed by atoms with Gasteiger partial charge in [-0.3, -0.25) is 20.4 Å². The maximum Gasteiger partial charge on any atom is 0.273 e. The second-order valence-electron chi connectivity index (χ2n) is 7.30. The lowest BCUT2D eigenvalue weighted by Gasteiger charge is -2.07. The van der Waals surface area contributed by atoms with Crippen LogP contribution in [-0.4, -0.2) is 21.6 Å². The van der Waals surface area contributed by atoms with Crippen LogP contribution < -0.4 is 10.9 Å². The molecule has 0 aliphatic rings. The Bertz CT molecular complexity index is 1260. The number of amides is 2. The Hall–Kier alpha value is -3.84. The van der Waals surface area contributed by atoms with E-state index < -0.39 is 5.91 Å². The maximum atomic E-state index is 12.6. The van der Waals surface area contributed by atoms with Crippen LogP contribution >= 0.6 is 11.6 Å². The minimum atomic E-state index is -0.439. The standard InChI is InChI=1S/C24H21ClN4O3/c1-15-12-21(16(2)32-15)24(31)27-26-22(30)13-18-14-29(20-6-4-3-5-7-20)28-23(18)17-8-10-19(25)11-9-17/h3-12,14H,13H2,1-2H3,(H,26,30)(H,27,31). The number of nitrogens with one attached hydrogen (secondary N) is 2. The van der Waals surface area contributed by atoms with Crippen molar-refractivity contribution in [1.82, 2.24) is 20.6 Å². The molecule has 4 aromatic rings. The van der Waals surface area contributed by atoms with Gasteiger partial charge in [0.1, 0.15) is 11.5 Å². The van der Waals surface area contributed by atoms with Gasteiger partial charge in [-0.05, 0) is 44.2 Å². The lowest BCUT2D eigenvalue weighted by Crippen LogP contribution is -2.42. The number of hydrazine groups is 1. The van der Waals surface area contributed by atoms with Crippen molar-refractivity contribution in [3.63, 3.8) is 0 Å². The summed E-state index contributed by atoms with van der Waals surface area (Å²) in [6.45, 7) is 3.45. The zero-order valence-electron chi connectivity index (χ0n) is 17.6. The van der Waals surface area contributed by atoms with Gasteiger partial charge in [0.25, 0.3) is 5.91 Å². The number of halogens is 1. The highest BCUT2D eigenvalue weighted by Crippen LogP contribution is 2.25. The minimum Gasteiger partial charge on any atom is -0.466 e. The van der Waals surface area contributed by atoms with Crippen LogP contribution in [0.5, 0.6) is 0 Å². The van der Waals surface area contributed by atoms with Crippen LogP contribution in [0.4, 0.5) is 0 Å². The van der Waals surface area contributed by atoms with Crippen molar-refractivity contribution < 1.29 is 14.0 Å². The quantitative estimate of drug-likeness (QED) is 0.443. The number of nitrogens with zero attached hydrogens (tertiary/aromatic N) is 2. The molecule has 0 aliphatic carbocycles. The first-order chi connectivity index (χ1) is 15.4. The smallest absolute Gasteiger partial charge is 0.273 e. The van der Waals surface area contributed by atoms with Crippen molar-refractivity contribution in [1.29, 1.82) is 0 Å². The molecule has 0 saturated carbocycles. The number of carbonyl (C=O) groups excluding carboxylic acids is 2. The first-order valence-electron chi connectivity index (χ1n) is 9.97. The van der Waals surface area contributed by atoms with Gasteiger partial charge in [-0.15, -0.1) is 0 Å². The molecule has 2 amide bonds. The molecule has 8 heteroatoms. The number of aryl methyl sites for hydroxylation is 2. The lowest BCUT2D eigenvalue weighted by molar-refractivity contribution is -0.121. The van der Waals surface area contributed by atoms with Crippen LogP contribution in [-0.2, 0) is 11.2 Å². The van der Waals surface area contributed by atoms with Gasteiger partial charge in [-0.25, -0.2) is 4.68 Å². The van der Waals surface area contributed by atoms with E-state index in [-0.39, 0.29) is 12.3 Å². The van der Waals surface area contributed by atoms with Crippen LogP contribution in [0, 0.1) is 13.8 Å².